The standard InChI is InChI=1S/C18H23N3O3S3/c1-7-24-16(23)13-10(4)14(19-11(13)5)15(22)12(6)26-18-21-20-17(27-18)25-8-9(2)3/h12,19H,2,7-8H2,1,3-6H3. The molecule has 0 amide bonds. The Hall–Kier alpha value is -1.58. The first-order chi connectivity index (χ1) is 12.7. The molecule has 1 atom stereocenters. The number of aromatic nitrogens is 3. The maximum Gasteiger partial charge on any atom is 0.340 e. The van der Waals surface area contributed by atoms with Crippen molar-refractivity contribution in [2.45, 2.75) is 48.5 Å². The summed E-state index contributed by atoms with van der Waals surface area (Å²) in [5.74, 6) is 0.305. The Morgan fingerprint density at radius 3 is 2.59 bits per heavy atom. The second-order valence-corrected chi connectivity index (χ2v) is 9.84. The lowest BCUT2D eigenvalue weighted by Gasteiger charge is -2.07. The fourth-order valence-corrected chi connectivity index (χ4v) is 5.47. The van der Waals surface area contributed by atoms with Crippen molar-refractivity contribution in [2.75, 3.05) is 12.4 Å². The van der Waals surface area contributed by atoms with E-state index in [0.717, 1.165) is 20.0 Å². The van der Waals surface area contributed by atoms with E-state index in [0.29, 0.717) is 29.1 Å². The second-order valence-electron chi connectivity index (χ2n) is 6.05. The van der Waals surface area contributed by atoms with Crippen LogP contribution in [0.5, 0.6) is 0 Å². The largest absolute Gasteiger partial charge is 0.462 e. The predicted octanol–water partition coefficient (Wildman–Crippen LogP) is 4.69. The van der Waals surface area contributed by atoms with E-state index < -0.39 is 5.97 Å². The fourth-order valence-electron chi connectivity index (χ4n) is 2.40. The van der Waals surface area contributed by atoms with Gasteiger partial charge in [-0.05, 0) is 40.2 Å². The number of nitrogens with zero attached hydrogens (tertiary/aromatic N) is 2. The number of esters is 1. The van der Waals surface area contributed by atoms with Gasteiger partial charge >= 0.3 is 5.97 Å². The summed E-state index contributed by atoms with van der Waals surface area (Å²) in [5, 5.41) is 7.94. The van der Waals surface area contributed by atoms with E-state index in [-0.39, 0.29) is 11.0 Å². The van der Waals surface area contributed by atoms with Crippen molar-refractivity contribution in [1.29, 1.82) is 0 Å². The number of hydrogen-bond acceptors (Lipinski definition) is 8. The maximum atomic E-state index is 12.9. The molecular weight excluding hydrogens is 402 g/mol. The van der Waals surface area contributed by atoms with Gasteiger partial charge in [-0.25, -0.2) is 4.79 Å². The molecule has 6 nitrogen and oxygen atoms in total. The first-order valence-corrected chi connectivity index (χ1v) is 11.1. The summed E-state index contributed by atoms with van der Waals surface area (Å²) in [5.41, 5.74) is 3.21. The Balaban J connectivity index is 2.10. The Labute approximate surface area is 171 Å². The van der Waals surface area contributed by atoms with Crippen LogP contribution in [0.1, 0.15) is 52.9 Å². The van der Waals surface area contributed by atoms with Gasteiger partial charge in [0.2, 0.25) is 0 Å². The van der Waals surface area contributed by atoms with E-state index in [4.69, 9.17) is 4.74 Å². The number of rotatable bonds is 9. The summed E-state index contributed by atoms with van der Waals surface area (Å²) in [6, 6.07) is 0. The van der Waals surface area contributed by atoms with Crippen LogP contribution in [0.3, 0.4) is 0 Å². The summed E-state index contributed by atoms with van der Waals surface area (Å²) in [6.07, 6.45) is 0. The van der Waals surface area contributed by atoms with Gasteiger partial charge in [0, 0.05) is 11.4 Å². The number of thioether (sulfide) groups is 2. The summed E-state index contributed by atoms with van der Waals surface area (Å²) >= 11 is 4.42. The maximum absolute atomic E-state index is 12.9. The van der Waals surface area contributed by atoms with Gasteiger partial charge in [-0.15, -0.1) is 10.2 Å². The number of ketones is 1. The van der Waals surface area contributed by atoms with E-state index in [1.807, 2.05) is 13.8 Å². The molecule has 0 spiro atoms. The van der Waals surface area contributed by atoms with Crippen molar-refractivity contribution < 1.29 is 14.3 Å². The Bertz CT molecular complexity index is 857. The third kappa shape index (κ3) is 5.46. The van der Waals surface area contributed by atoms with Crippen LogP contribution in [-0.2, 0) is 4.74 Å². The molecule has 0 saturated heterocycles. The van der Waals surface area contributed by atoms with E-state index >= 15 is 0 Å². The minimum atomic E-state index is -0.411. The SMILES string of the molecule is C=C(C)CSc1nnc(SC(C)C(=O)c2[nH]c(C)c(C(=O)OCC)c2C)s1. The van der Waals surface area contributed by atoms with Gasteiger partial charge in [0.05, 0.1) is 23.1 Å². The molecule has 27 heavy (non-hydrogen) atoms. The van der Waals surface area contributed by atoms with Crippen LogP contribution < -0.4 is 0 Å². The van der Waals surface area contributed by atoms with Crippen molar-refractivity contribution >= 4 is 46.6 Å². The average molecular weight is 426 g/mol. The molecule has 2 rings (SSSR count). The quantitative estimate of drug-likeness (QED) is 0.270. The highest BCUT2D eigenvalue weighted by atomic mass is 32.2. The first-order valence-electron chi connectivity index (χ1n) is 8.42. The Morgan fingerprint density at radius 1 is 1.30 bits per heavy atom. The zero-order chi connectivity index (χ0) is 20.1. The summed E-state index contributed by atoms with van der Waals surface area (Å²) in [7, 11) is 0. The molecule has 0 bridgehead atoms. The first kappa shape index (κ1) is 21.7. The van der Waals surface area contributed by atoms with Crippen LogP contribution in [0.25, 0.3) is 0 Å². The van der Waals surface area contributed by atoms with E-state index in [9.17, 15) is 9.59 Å². The zero-order valence-corrected chi connectivity index (χ0v) is 18.5. The number of hydrogen-bond donors (Lipinski definition) is 1. The number of aromatic amines is 1. The second kappa shape index (κ2) is 9.57. The fraction of sp³-hybridized carbons (Fsp3) is 0.444. The normalized spacial score (nSPS) is 12.0. The lowest BCUT2D eigenvalue weighted by Crippen LogP contribution is -2.15. The van der Waals surface area contributed by atoms with Crippen LogP contribution in [0, 0.1) is 13.8 Å². The van der Waals surface area contributed by atoms with Crippen molar-refractivity contribution in [3.63, 3.8) is 0 Å². The van der Waals surface area contributed by atoms with Gasteiger partial charge in [-0.2, -0.15) is 0 Å². The van der Waals surface area contributed by atoms with Crippen LogP contribution in [0.15, 0.2) is 20.8 Å². The molecule has 0 aliphatic heterocycles. The molecule has 0 radical (unpaired) electrons. The predicted molar refractivity (Wildman–Crippen MR) is 111 cm³/mol. The molecule has 0 aromatic carbocycles. The molecule has 9 heteroatoms. The minimum absolute atomic E-state index is 0.0810. The van der Waals surface area contributed by atoms with Crippen LogP contribution >= 0.6 is 34.9 Å². The molecule has 0 fully saturated rings. The highest BCUT2D eigenvalue weighted by Crippen LogP contribution is 2.33. The van der Waals surface area contributed by atoms with Gasteiger partial charge in [-0.3, -0.25) is 4.79 Å². The molecule has 146 valence electrons. The van der Waals surface area contributed by atoms with Crippen LogP contribution in [-0.4, -0.2) is 44.5 Å². The topological polar surface area (TPSA) is 84.9 Å². The van der Waals surface area contributed by atoms with Crippen molar-refractivity contribution in [3.8, 4) is 0 Å². The zero-order valence-electron chi connectivity index (χ0n) is 16.0. The van der Waals surface area contributed by atoms with Gasteiger partial charge in [-0.1, -0.05) is 47.0 Å². The van der Waals surface area contributed by atoms with Gasteiger partial charge in [0.1, 0.15) is 0 Å². The Kier molecular flexibility index (Phi) is 7.69. The van der Waals surface area contributed by atoms with Gasteiger partial charge in [0.15, 0.2) is 14.5 Å². The number of carbonyl (C=O) groups excluding carboxylic acids is 2. The molecule has 2 aromatic heterocycles. The van der Waals surface area contributed by atoms with Crippen molar-refractivity contribution in [3.05, 3.63) is 34.7 Å². The molecular formula is C18H23N3O3S3. The molecule has 0 aliphatic rings. The molecule has 2 aromatic rings. The third-order valence-corrected chi connectivity index (χ3v) is 7.11. The summed E-state index contributed by atoms with van der Waals surface area (Å²) in [4.78, 5) is 28.0. The number of aryl methyl sites for hydroxylation is 1. The third-order valence-electron chi connectivity index (χ3n) is 3.64. The van der Waals surface area contributed by atoms with Crippen LogP contribution in [0.2, 0.25) is 0 Å². The van der Waals surface area contributed by atoms with Gasteiger partial charge in [0.25, 0.3) is 0 Å². The highest BCUT2D eigenvalue weighted by molar-refractivity contribution is 8.04. The lowest BCUT2D eigenvalue weighted by atomic mass is 10.1. The molecule has 0 saturated carbocycles. The van der Waals surface area contributed by atoms with E-state index in [2.05, 4.69) is 21.8 Å². The monoisotopic (exact) mass is 425 g/mol. The minimum Gasteiger partial charge on any atom is -0.462 e. The smallest absolute Gasteiger partial charge is 0.340 e. The Morgan fingerprint density at radius 2 is 1.96 bits per heavy atom. The lowest BCUT2D eigenvalue weighted by molar-refractivity contribution is 0.0525. The number of H-pyrrole nitrogens is 1. The summed E-state index contributed by atoms with van der Waals surface area (Å²) < 4.78 is 6.68. The number of carbonyl (C=O) groups is 2. The number of ether oxygens (including phenoxy) is 1. The highest BCUT2D eigenvalue weighted by Gasteiger charge is 2.26. The average Bonchev–Trinajstić information content (AvgIpc) is 3.16. The van der Waals surface area contributed by atoms with E-state index in [1.165, 1.54) is 23.1 Å². The molecule has 2 heterocycles. The van der Waals surface area contributed by atoms with Crippen molar-refractivity contribution in [1.82, 2.24) is 15.2 Å². The molecule has 1 unspecified atom stereocenters. The summed E-state index contributed by atoms with van der Waals surface area (Å²) in [6.45, 7) is 13.2. The molecule has 1 N–H and O–H groups in total. The number of nitrogens with one attached hydrogen (secondary N) is 1. The van der Waals surface area contributed by atoms with Crippen LogP contribution in [0.4, 0.5) is 0 Å². The molecule has 0 aliphatic carbocycles. The van der Waals surface area contributed by atoms with Crippen molar-refractivity contribution in [2.24, 2.45) is 0 Å². The van der Waals surface area contributed by atoms with E-state index in [1.54, 1.807) is 32.5 Å². The van der Waals surface area contributed by atoms with Gasteiger partial charge < -0.3 is 9.72 Å². The number of Topliss-reactive ketones (excluding diaryl/α,β-unsaturated/α-hetero) is 1.